The fourth-order valence-electron chi connectivity index (χ4n) is 5.87. The number of ether oxygens (including phenoxy) is 5. The van der Waals surface area contributed by atoms with Gasteiger partial charge in [-0.15, -0.1) is 11.8 Å². The van der Waals surface area contributed by atoms with E-state index in [9.17, 15) is 48.3 Å². The molecule has 21 heteroatoms. The maximum atomic E-state index is 14.2. The maximum absolute atomic E-state index is 14.2. The summed E-state index contributed by atoms with van der Waals surface area (Å²) in [4.78, 5) is 114. The van der Waals surface area contributed by atoms with Crippen molar-refractivity contribution in [2.24, 2.45) is 0 Å². The molecule has 3 heterocycles. The van der Waals surface area contributed by atoms with E-state index in [-0.39, 0.29) is 58.3 Å². The van der Waals surface area contributed by atoms with Gasteiger partial charge < -0.3 is 48.9 Å². The first-order valence-corrected chi connectivity index (χ1v) is 17.7. The molecule has 3 atom stereocenters. The van der Waals surface area contributed by atoms with Gasteiger partial charge in [0.2, 0.25) is 5.91 Å². The molecular weight excluding hydrogens is 778 g/mol. The highest BCUT2D eigenvalue weighted by molar-refractivity contribution is 8.00. The fourth-order valence-corrected chi connectivity index (χ4v) is 7.35. The Labute approximate surface area is 325 Å². The van der Waals surface area contributed by atoms with Gasteiger partial charge in [0.1, 0.15) is 34.0 Å². The maximum Gasteiger partial charge on any atom is 0.352 e. The van der Waals surface area contributed by atoms with Crippen molar-refractivity contribution >= 4 is 70.3 Å². The molecule has 0 aliphatic carbocycles. The summed E-state index contributed by atoms with van der Waals surface area (Å²) in [6, 6.07) is 6.84. The van der Waals surface area contributed by atoms with Crippen molar-refractivity contribution in [3.63, 3.8) is 0 Å². The molecule has 0 saturated carbocycles. The second-order valence-electron chi connectivity index (χ2n) is 12.2. The Morgan fingerprint density at radius 3 is 2.18 bits per heavy atom. The molecule has 1 aromatic heterocycles. The van der Waals surface area contributed by atoms with Crippen molar-refractivity contribution in [2.75, 3.05) is 26.1 Å². The lowest BCUT2D eigenvalue weighted by atomic mass is 9.96. The molecular formula is C36H33N3O17S. The van der Waals surface area contributed by atoms with Crippen molar-refractivity contribution in [1.82, 2.24) is 15.5 Å². The largest absolute Gasteiger partial charge is 0.482 e. The highest BCUT2D eigenvalue weighted by Gasteiger charge is 2.67. The van der Waals surface area contributed by atoms with Gasteiger partial charge in [-0.3, -0.25) is 33.7 Å². The van der Waals surface area contributed by atoms with Gasteiger partial charge >= 0.3 is 35.5 Å². The number of nitrogens with one attached hydrogen (secondary N) is 2. The Bertz CT molecular complexity index is 2290. The van der Waals surface area contributed by atoms with Crippen LogP contribution in [0.25, 0.3) is 11.0 Å². The van der Waals surface area contributed by atoms with Crippen LogP contribution in [-0.4, -0.2) is 99.9 Å². The zero-order valence-electron chi connectivity index (χ0n) is 30.4. The molecule has 3 aromatic rings. The summed E-state index contributed by atoms with van der Waals surface area (Å²) < 4.78 is 31.1. The number of carbonyl (C=O) groups excluding carboxylic acids is 6. The molecule has 1 fully saturated rings. The Morgan fingerprint density at radius 1 is 0.947 bits per heavy atom. The van der Waals surface area contributed by atoms with Crippen LogP contribution >= 0.6 is 11.8 Å². The quantitative estimate of drug-likeness (QED) is 0.0552. The lowest BCUT2D eigenvalue weighted by Crippen LogP contribution is -2.81. The van der Waals surface area contributed by atoms with Crippen molar-refractivity contribution < 1.29 is 76.7 Å². The minimum atomic E-state index is -2.15. The van der Waals surface area contributed by atoms with Gasteiger partial charge in [0.05, 0.1) is 6.61 Å². The van der Waals surface area contributed by atoms with Crippen LogP contribution in [0.1, 0.15) is 49.2 Å². The van der Waals surface area contributed by atoms with Crippen LogP contribution in [0, 0.1) is 0 Å². The van der Waals surface area contributed by atoms with Gasteiger partial charge in [0.25, 0.3) is 17.5 Å². The lowest BCUT2D eigenvalue weighted by molar-refractivity contribution is -0.193. The molecule has 5 rings (SSSR count). The van der Waals surface area contributed by atoms with Crippen molar-refractivity contribution in [1.29, 1.82) is 0 Å². The first-order chi connectivity index (χ1) is 26.9. The number of thioether (sulfide) groups is 1. The number of rotatable bonds is 15. The van der Waals surface area contributed by atoms with E-state index in [1.54, 1.807) is 0 Å². The summed E-state index contributed by atoms with van der Waals surface area (Å²) in [5.74, 6) is -8.41. The minimum Gasteiger partial charge on any atom is -0.482 e. The number of amides is 3. The molecule has 2 aliphatic heterocycles. The monoisotopic (exact) mass is 811 g/mol. The highest BCUT2D eigenvalue weighted by Crippen LogP contribution is 2.47. The summed E-state index contributed by atoms with van der Waals surface area (Å²) in [5.41, 5.74) is -4.18. The van der Waals surface area contributed by atoms with Crippen molar-refractivity contribution in [2.45, 2.75) is 44.3 Å². The Hall–Kier alpha value is -6.74. The normalized spacial score (nSPS) is 17.7. The number of hydrogen-bond donors (Lipinski definition) is 4. The third-order valence-corrected chi connectivity index (χ3v) is 9.69. The van der Waals surface area contributed by atoms with E-state index in [1.807, 2.05) is 0 Å². The first kappa shape index (κ1) is 41.4. The molecule has 0 bridgehead atoms. The summed E-state index contributed by atoms with van der Waals surface area (Å²) >= 11 is 1.06. The lowest BCUT2D eigenvalue weighted by Gasteiger charge is -2.56. The van der Waals surface area contributed by atoms with Crippen LogP contribution < -0.4 is 30.5 Å². The molecule has 0 radical (unpaired) electrons. The number of carboxylic acids is 2. The molecule has 57 heavy (non-hydrogen) atoms. The predicted octanol–water partition coefficient (Wildman–Crippen LogP) is 1.24. The predicted molar refractivity (Wildman–Crippen MR) is 192 cm³/mol. The summed E-state index contributed by atoms with van der Waals surface area (Å²) in [6.07, 6.45) is 0.0124. The fraction of sp³-hybridized carbons (Fsp3) is 0.306. The number of hydrogen-bond acceptors (Lipinski definition) is 16. The Morgan fingerprint density at radius 2 is 1.60 bits per heavy atom. The molecule has 2 aliphatic rings. The molecule has 4 N–H and O–H groups in total. The number of carbonyl (C=O) groups is 8. The van der Waals surface area contributed by atoms with Gasteiger partial charge in [-0.25, -0.2) is 14.4 Å². The molecule has 0 spiro atoms. The third kappa shape index (κ3) is 8.89. The number of esters is 3. The van der Waals surface area contributed by atoms with Crippen LogP contribution in [-0.2, 0) is 43.0 Å². The topological polar surface area (TPSA) is 281 Å². The molecule has 300 valence electrons. The highest BCUT2D eigenvalue weighted by atomic mass is 32.2. The van der Waals surface area contributed by atoms with E-state index in [0.29, 0.717) is 5.57 Å². The van der Waals surface area contributed by atoms with Gasteiger partial charge in [-0.05, 0) is 35.4 Å². The minimum absolute atomic E-state index is 0.0124. The van der Waals surface area contributed by atoms with E-state index >= 15 is 0 Å². The van der Waals surface area contributed by atoms with Gasteiger partial charge in [0, 0.05) is 51.5 Å². The van der Waals surface area contributed by atoms with Gasteiger partial charge in [-0.2, -0.15) is 0 Å². The molecule has 20 nitrogen and oxygen atoms in total. The Balaban J connectivity index is 1.48. The van der Waals surface area contributed by atoms with Crippen LogP contribution in [0.5, 0.6) is 17.2 Å². The molecule has 1 saturated heterocycles. The number of benzene rings is 2. The zero-order chi connectivity index (χ0) is 41.8. The third-order valence-electron chi connectivity index (χ3n) is 8.32. The SMILES string of the molecule is CO[C@@]1(NC(=O)C(NC(=O)c2cc3cc(OC(C)=O)c(OC(C)=O)cc3oc2=O)c2ccc(OCC(=O)O)cc2)C(=O)N2C(C(=O)O)=C(CCOC(C)=O)CS[C@H]21. The van der Waals surface area contributed by atoms with Gasteiger partial charge in [-0.1, -0.05) is 12.1 Å². The number of β-lactam (4-membered cyclic amide) rings is 1. The van der Waals surface area contributed by atoms with Crippen molar-refractivity contribution in [3.05, 3.63) is 75.3 Å². The first-order valence-electron chi connectivity index (χ1n) is 16.6. The standard InChI is InChI=1S/C36H33N3O17S/c1-16(40)52-10-9-20-15-57-35-36(51-4,34(50)39(35)29(20)32(47)48)38-31(46)28(19-5-7-22(8-6-19)53-14-27(43)44)37-30(45)23-11-21-12-25(54-17(2)41)26(55-18(3)42)13-24(21)56-33(23)49/h5-8,11-13,28,35H,9-10,14-15H2,1-4H3,(H,37,45)(H,38,46)(H,43,44)(H,47,48)/t28?,35-,36-/m0/s1. The van der Waals surface area contributed by atoms with Crippen molar-refractivity contribution in [3.8, 4) is 17.2 Å². The number of carboxylic acid groups (broad SMARTS) is 2. The van der Waals surface area contributed by atoms with E-state index in [1.165, 1.54) is 37.3 Å². The molecule has 1 unspecified atom stereocenters. The number of methoxy groups -OCH3 is 1. The van der Waals surface area contributed by atoms with E-state index in [0.717, 1.165) is 49.8 Å². The number of fused-ring (bicyclic) bond motifs is 2. The second kappa shape index (κ2) is 17.0. The summed E-state index contributed by atoms with van der Waals surface area (Å²) in [7, 11) is 1.11. The van der Waals surface area contributed by atoms with E-state index in [4.69, 9.17) is 33.2 Å². The number of nitrogens with zero attached hydrogens (tertiary/aromatic N) is 1. The van der Waals surface area contributed by atoms with E-state index < -0.39 is 82.5 Å². The average Bonchev–Trinajstić information content (AvgIpc) is 3.14. The van der Waals surface area contributed by atoms with Crippen LogP contribution in [0.2, 0.25) is 0 Å². The smallest absolute Gasteiger partial charge is 0.352 e. The summed E-state index contributed by atoms with van der Waals surface area (Å²) in [6.45, 7) is 2.54. The van der Waals surface area contributed by atoms with E-state index in [2.05, 4.69) is 10.6 Å². The van der Waals surface area contributed by atoms with Gasteiger partial charge in [0.15, 0.2) is 18.1 Å². The second-order valence-corrected chi connectivity index (χ2v) is 13.3. The zero-order valence-corrected chi connectivity index (χ0v) is 31.2. The summed E-state index contributed by atoms with van der Waals surface area (Å²) in [5, 5.41) is 22.9. The average molecular weight is 812 g/mol. The van der Waals surface area contributed by atoms with Crippen LogP contribution in [0.4, 0.5) is 0 Å². The van der Waals surface area contributed by atoms with Crippen LogP contribution in [0.15, 0.2) is 62.9 Å². The molecule has 3 amide bonds. The number of aliphatic carboxylic acids is 2. The Kier molecular flexibility index (Phi) is 12.3. The van der Waals surface area contributed by atoms with Crippen LogP contribution in [0.3, 0.4) is 0 Å². The molecule has 2 aromatic carbocycles.